The minimum atomic E-state index is -4.52. The lowest BCUT2D eigenvalue weighted by atomic mass is 9.76. The SMILES string of the molecule is CC1(C)CCc2c(C(F)(F)F)nn(-c3ccc(C(N)=O)c(N[C@@H]4CCCC[C@H]4N(CC4CC4)CC4CC4)c3)c2C1. The molecule has 3 saturated carbocycles. The van der Waals surface area contributed by atoms with Gasteiger partial charge in [0.25, 0.3) is 5.91 Å². The Morgan fingerprint density at radius 2 is 1.77 bits per heavy atom. The molecule has 1 aromatic carbocycles. The molecule has 1 amide bonds. The summed E-state index contributed by atoms with van der Waals surface area (Å²) in [6.07, 6.45) is 6.66. The van der Waals surface area contributed by atoms with E-state index < -0.39 is 17.8 Å². The summed E-state index contributed by atoms with van der Waals surface area (Å²) in [6.45, 7) is 6.44. The molecule has 6 rings (SSSR count). The first kappa shape index (κ1) is 27.6. The number of amides is 1. The van der Waals surface area contributed by atoms with Crippen LogP contribution in [0.4, 0.5) is 18.9 Å². The van der Waals surface area contributed by atoms with E-state index >= 15 is 0 Å². The standard InChI is InChI=1S/C31H42F3N5O/c1-30(2)14-13-23-27(16-30)39(37-28(23)31(32,33)34)21-11-12-22(29(35)40)25(15-21)36-24-5-3-4-6-26(24)38(17-19-7-8-19)18-20-9-10-20/h11-12,15,19-20,24,26,36H,3-10,13-14,16-18H2,1-2H3,(H2,35,40)/t24-,26-/m1/s1. The molecule has 0 aliphatic heterocycles. The van der Waals surface area contributed by atoms with Gasteiger partial charge in [0.1, 0.15) is 0 Å². The van der Waals surface area contributed by atoms with Gasteiger partial charge in [-0.3, -0.25) is 9.69 Å². The van der Waals surface area contributed by atoms with E-state index in [2.05, 4.69) is 29.2 Å². The molecular weight excluding hydrogens is 515 g/mol. The van der Waals surface area contributed by atoms with E-state index in [1.165, 1.54) is 36.8 Å². The number of halogens is 3. The highest BCUT2D eigenvalue weighted by Gasteiger charge is 2.42. The molecule has 2 aromatic rings. The normalized spacial score (nSPS) is 24.6. The number of nitrogens with two attached hydrogens (primary N) is 1. The number of carbonyl (C=O) groups excluding carboxylic acids is 1. The Labute approximate surface area is 234 Å². The third-order valence-electron chi connectivity index (χ3n) is 9.49. The van der Waals surface area contributed by atoms with Gasteiger partial charge >= 0.3 is 6.18 Å². The topological polar surface area (TPSA) is 76.2 Å². The van der Waals surface area contributed by atoms with Crippen molar-refractivity contribution >= 4 is 11.6 Å². The summed E-state index contributed by atoms with van der Waals surface area (Å²) < 4.78 is 43.5. The Bertz CT molecular complexity index is 1250. The highest BCUT2D eigenvalue weighted by molar-refractivity contribution is 5.99. The van der Waals surface area contributed by atoms with Crippen LogP contribution in [0, 0.1) is 17.3 Å². The van der Waals surface area contributed by atoms with E-state index in [9.17, 15) is 18.0 Å². The van der Waals surface area contributed by atoms with Gasteiger partial charge in [0.05, 0.1) is 11.3 Å². The Hall–Kier alpha value is -2.55. The number of aromatic nitrogens is 2. The molecule has 0 unspecified atom stereocenters. The Morgan fingerprint density at radius 1 is 1.10 bits per heavy atom. The number of hydrogen-bond donors (Lipinski definition) is 2. The first-order valence-electron chi connectivity index (χ1n) is 15.1. The van der Waals surface area contributed by atoms with Gasteiger partial charge < -0.3 is 11.1 Å². The Kier molecular flexibility index (Phi) is 7.16. The van der Waals surface area contributed by atoms with Crippen LogP contribution in [0.3, 0.4) is 0 Å². The van der Waals surface area contributed by atoms with Crippen molar-refractivity contribution in [2.45, 2.75) is 103 Å². The van der Waals surface area contributed by atoms with Crippen molar-refractivity contribution in [1.82, 2.24) is 14.7 Å². The van der Waals surface area contributed by atoms with Gasteiger partial charge in [-0.2, -0.15) is 18.3 Å². The summed E-state index contributed by atoms with van der Waals surface area (Å²) in [4.78, 5) is 15.2. The molecule has 4 aliphatic rings. The van der Waals surface area contributed by atoms with Gasteiger partial charge in [-0.05, 0) is 93.2 Å². The number of alkyl halides is 3. The van der Waals surface area contributed by atoms with Crippen LogP contribution in [0.5, 0.6) is 0 Å². The smallest absolute Gasteiger partial charge is 0.380 e. The molecule has 218 valence electrons. The number of nitrogens with one attached hydrogen (secondary N) is 1. The summed E-state index contributed by atoms with van der Waals surface area (Å²) in [5.74, 6) is 1.04. The summed E-state index contributed by atoms with van der Waals surface area (Å²) >= 11 is 0. The van der Waals surface area contributed by atoms with E-state index in [1.807, 2.05) is 0 Å². The fraction of sp³-hybridized carbons (Fsp3) is 0.677. The highest BCUT2D eigenvalue weighted by atomic mass is 19.4. The van der Waals surface area contributed by atoms with Crippen LogP contribution in [0.15, 0.2) is 18.2 Å². The predicted molar refractivity (Wildman–Crippen MR) is 150 cm³/mol. The monoisotopic (exact) mass is 557 g/mol. The fourth-order valence-electron chi connectivity index (χ4n) is 6.90. The number of fused-ring (bicyclic) bond motifs is 1. The summed E-state index contributed by atoms with van der Waals surface area (Å²) in [5, 5.41) is 7.81. The number of benzene rings is 1. The molecule has 0 radical (unpaired) electrons. The number of rotatable bonds is 9. The molecule has 9 heteroatoms. The van der Waals surface area contributed by atoms with E-state index in [0.29, 0.717) is 53.5 Å². The van der Waals surface area contributed by atoms with Crippen molar-refractivity contribution in [2.75, 3.05) is 18.4 Å². The van der Waals surface area contributed by atoms with Crippen LogP contribution in [0.25, 0.3) is 5.69 Å². The van der Waals surface area contributed by atoms with Crippen LogP contribution in [0.2, 0.25) is 0 Å². The zero-order chi connectivity index (χ0) is 28.2. The van der Waals surface area contributed by atoms with E-state index in [-0.39, 0.29) is 11.5 Å². The van der Waals surface area contributed by atoms with Crippen molar-refractivity contribution in [1.29, 1.82) is 0 Å². The van der Waals surface area contributed by atoms with Crippen LogP contribution in [-0.2, 0) is 19.0 Å². The number of anilines is 1. The number of hydrogen-bond acceptors (Lipinski definition) is 4. The molecule has 0 spiro atoms. The lowest BCUT2D eigenvalue weighted by Crippen LogP contribution is -2.50. The maximum Gasteiger partial charge on any atom is 0.435 e. The zero-order valence-electron chi connectivity index (χ0n) is 23.7. The van der Waals surface area contributed by atoms with Crippen molar-refractivity contribution in [3.63, 3.8) is 0 Å². The second kappa shape index (κ2) is 10.4. The second-order valence-corrected chi connectivity index (χ2v) is 13.6. The number of primary amides is 1. The van der Waals surface area contributed by atoms with E-state index in [1.54, 1.807) is 18.2 Å². The summed E-state index contributed by atoms with van der Waals surface area (Å²) in [6, 6.07) is 5.61. The third-order valence-corrected chi connectivity index (χ3v) is 9.49. The quantitative estimate of drug-likeness (QED) is 0.377. The predicted octanol–water partition coefficient (Wildman–Crippen LogP) is 6.35. The van der Waals surface area contributed by atoms with Gasteiger partial charge in [-0.15, -0.1) is 0 Å². The molecule has 40 heavy (non-hydrogen) atoms. The summed E-state index contributed by atoms with van der Waals surface area (Å²) in [7, 11) is 0. The Balaban J connectivity index is 1.35. The van der Waals surface area contributed by atoms with E-state index in [4.69, 9.17) is 5.73 Å². The molecule has 2 atom stereocenters. The van der Waals surface area contributed by atoms with Crippen molar-refractivity contribution in [3.8, 4) is 5.69 Å². The van der Waals surface area contributed by atoms with Gasteiger partial charge in [-0.1, -0.05) is 26.7 Å². The van der Waals surface area contributed by atoms with Gasteiger partial charge in [0.2, 0.25) is 0 Å². The van der Waals surface area contributed by atoms with Gasteiger partial charge in [0.15, 0.2) is 5.69 Å². The molecule has 1 aromatic heterocycles. The van der Waals surface area contributed by atoms with Crippen LogP contribution >= 0.6 is 0 Å². The van der Waals surface area contributed by atoms with Crippen LogP contribution < -0.4 is 11.1 Å². The largest absolute Gasteiger partial charge is 0.435 e. The van der Waals surface area contributed by atoms with Gasteiger partial charge in [-0.25, -0.2) is 4.68 Å². The van der Waals surface area contributed by atoms with Crippen LogP contribution in [0.1, 0.15) is 98.9 Å². The Morgan fingerprint density at radius 3 is 2.40 bits per heavy atom. The molecule has 4 aliphatic carbocycles. The fourth-order valence-corrected chi connectivity index (χ4v) is 6.90. The highest BCUT2D eigenvalue weighted by Crippen LogP contribution is 2.42. The van der Waals surface area contributed by atoms with Crippen molar-refractivity contribution < 1.29 is 18.0 Å². The molecule has 3 fully saturated rings. The average molecular weight is 558 g/mol. The first-order valence-corrected chi connectivity index (χ1v) is 15.1. The third kappa shape index (κ3) is 5.90. The van der Waals surface area contributed by atoms with Crippen molar-refractivity contribution in [2.24, 2.45) is 23.0 Å². The van der Waals surface area contributed by atoms with Gasteiger partial charge in [0, 0.05) is 42.1 Å². The molecule has 1 heterocycles. The molecule has 3 N–H and O–H groups in total. The second-order valence-electron chi connectivity index (χ2n) is 13.6. The minimum absolute atomic E-state index is 0.121. The molecule has 0 saturated heterocycles. The number of carbonyl (C=O) groups is 1. The molecule has 6 nitrogen and oxygen atoms in total. The molecular formula is C31H42F3N5O. The van der Waals surface area contributed by atoms with Crippen LogP contribution in [-0.4, -0.2) is 45.8 Å². The first-order chi connectivity index (χ1) is 19.0. The molecule has 0 bridgehead atoms. The zero-order valence-corrected chi connectivity index (χ0v) is 23.7. The average Bonchev–Trinajstić information content (AvgIpc) is 3.82. The van der Waals surface area contributed by atoms with E-state index in [0.717, 1.165) is 44.2 Å². The maximum absolute atomic E-state index is 14.0. The summed E-state index contributed by atoms with van der Waals surface area (Å²) in [5.41, 5.74) is 7.26. The maximum atomic E-state index is 14.0. The lowest BCUT2D eigenvalue weighted by molar-refractivity contribution is -0.142. The van der Waals surface area contributed by atoms with Crippen molar-refractivity contribution in [3.05, 3.63) is 40.7 Å². The number of nitrogens with zero attached hydrogens (tertiary/aromatic N) is 3. The minimum Gasteiger partial charge on any atom is -0.380 e. The lowest BCUT2D eigenvalue weighted by Gasteiger charge is -2.41.